The summed E-state index contributed by atoms with van der Waals surface area (Å²) in [6.45, 7) is 0.197. The van der Waals surface area contributed by atoms with Crippen LogP contribution in [-0.4, -0.2) is 7.11 Å². The Bertz CT molecular complexity index is 1220. The van der Waals surface area contributed by atoms with Gasteiger partial charge < -0.3 is 18.6 Å². The molecule has 0 fully saturated rings. The molecule has 6 heteroatoms. The normalized spacial score (nSPS) is 10.7. The molecule has 4 rings (SSSR count). The number of hydrogen-bond donors (Lipinski definition) is 0. The van der Waals surface area contributed by atoms with Gasteiger partial charge in [-0.3, -0.25) is 4.79 Å². The Kier molecular flexibility index (Phi) is 5.16. The fourth-order valence-electron chi connectivity index (χ4n) is 2.87. The molecule has 0 saturated heterocycles. The van der Waals surface area contributed by atoms with Crippen molar-refractivity contribution < 1.29 is 23.0 Å². The van der Waals surface area contributed by atoms with E-state index < -0.39 is 0 Å². The summed E-state index contributed by atoms with van der Waals surface area (Å²) < 4.78 is 35.4. The summed E-state index contributed by atoms with van der Waals surface area (Å²) in [5.41, 5.74) is 0.750. The Morgan fingerprint density at radius 3 is 2.55 bits per heavy atom. The molecule has 0 bridgehead atoms. The van der Waals surface area contributed by atoms with Gasteiger partial charge in [-0.05, 0) is 42.0 Å². The molecule has 4 aromatic rings. The SMILES string of the molecule is COc1ccccc1Oc1coc2cc(OCc3cccc(F)c3)ccc2c1=O. The van der Waals surface area contributed by atoms with Gasteiger partial charge in [0.15, 0.2) is 11.5 Å². The van der Waals surface area contributed by atoms with Crippen LogP contribution in [0.15, 0.2) is 82.2 Å². The molecule has 1 aromatic heterocycles. The van der Waals surface area contributed by atoms with E-state index in [4.69, 9.17) is 18.6 Å². The van der Waals surface area contributed by atoms with Crippen LogP contribution in [0, 0.1) is 5.82 Å². The van der Waals surface area contributed by atoms with Crippen LogP contribution in [0.25, 0.3) is 11.0 Å². The molecule has 5 nitrogen and oxygen atoms in total. The van der Waals surface area contributed by atoms with E-state index in [9.17, 15) is 9.18 Å². The Balaban J connectivity index is 1.57. The van der Waals surface area contributed by atoms with Gasteiger partial charge in [0.25, 0.3) is 0 Å². The van der Waals surface area contributed by atoms with Gasteiger partial charge in [0, 0.05) is 6.07 Å². The molecular weight excluding hydrogens is 375 g/mol. The number of methoxy groups -OCH3 is 1. The van der Waals surface area contributed by atoms with E-state index in [-0.39, 0.29) is 23.6 Å². The van der Waals surface area contributed by atoms with Gasteiger partial charge in [-0.2, -0.15) is 0 Å². The number of rotatable bonds is 6. The first kappa shape index (κ1) is 18.6. The number of hydrogen-bond acceptors (Lipinski definition) is 5. The molecule has 0 aliphatic carbocycles. The van der Waals surface area contributed by atoms with Crippen molar-refractivity contribution >= 4 is 11.0 Å². The zero-order chi connectivity index (χ0) is 20.2. The van der Waals surface area contributed by atoms with Gasteiger partial charge in [0.05, 0.1) is 12.5 Å². The summed E-state index contributed by atoms with van der Waals surface area (Å²) >= 11 is 0. The maximum Gasteiger partial charge on any atom is 0.235 e. The number of fused-ring (bicyclic) bond motifs is 1. The van der Waals surface area contributed by atoms with Crippen LogP contribution >= 0.6 is 0 Å². The third-order valence-corrected chi connectivity index (χ3v) is 4.30. The fraction of sp³-hybridized carbons (Fsp3) is 0.0870. The van der Waals surface area contributed by atoms with Crippen molar-refractivity contribution in [1.29, 1.82) is 0 Å². The minimum atomic E-state index is -0.321. The van der Waals surface area contributed by atoms with Crippen LogP contribution in [0.3, 0.4) is 0 Å². The van der Waals surface area contributed by atoms with Crippen molar-refractivity contribution in [2.24, 2.45) is 0 Å². The van der Waals surface area contributed by atoms with Gasteiger partial charge in [0.2, 0.25) is 11.2 Å². The van der Waals surface area contributed by atoms with Gasteiger partial charge >= 0.3 is 0 Å². The Morgan fingerprint density at radius 2 is 1.76 bits per heavy atom. The number of para-hydroxylation sites is 2. The van der Waals surface area contributed by atoms with Crippen LogP contribution in [0.4, 0.5) is 4.39 Å². The van der Waals surface area contributed by atoms with Crippen LogP contribution in [0.5, 0.6) is 23.0 Å². The highest BCUT2D eigenvalue weighted by molar-refractivity contribution is 5.79. The standard InChI is InChI=1S/C23H17FO5/c1-26-19-7-2-3-8-20(19)29-22-14-28-21-12-17(9-10-18(21)23(22)25)27-13-15-5-4-6-16(24)11-15/h2-12,14H,13H2,1H3. The van der Waals surface area contributed by atoms with Crippen molar-refractivity contribution in [2.75, 3.05) is 7.11 Å². The summed E-state index contributed by atoms with van der Waals surface area (Å²) in [5, 5.41) is 0.357. The maximum absolute atomic E-state index is 13.3. The summed E-state index contributed by atoms with van der Waals surface area (Å²) in [7, 11) is 1.52. The largest absolute Gasteiger partial charge is 0.493 e. The number of benzene rings is 3. The molecule has 0 spiro atoms. The first-order chi connectivity index (χ1) is 14.1. The summed E-state index contributed by atoms with van der Waals surface area (Å²) in [6, 6.07) is 18.1. The van der Waals surface area contributed by atoms with Crippen molar-refractivity contribution in [2.45, 2.75) is 6.61 Å². The van der Waals surface area contributed by atoms with Crippen molar-refractivity contribution in [1.82, 2.24) is 0 Å². The predicted molar refractivity (Wildman–Crippen MR) is 106 cm³/mol. The quantitative estimate of drug-likeness (QED) is 0.445. The van der Waals surface area contributed by atoms with Gasteiger partial charge in [-0.1, -0.05) is 24.3 Å². The lowest BCUT2D eigenvalue weighted by molar-refractivity contribution is 0.305. The van der Waals surface area contributed by atoms with Crippen LogP contribution in [0.1, 0.15) is 5.56 Å². The zero-order valence-corrected chi connectivity index (χ0v) is 15.6. The highest BCUT2D eigenvalue weighted by atomic mass is 19.1. The first-order valence-corrected chi connectivity index (χ1v) is 8.88. The van der Waals surface area contributed by atoms with Crippen LogP contribution in [-0.2, 0) is 6.61 Å². The molecule has 0 saturated carbocycles. The summed E-state index contributed by atoms with van der Waals surface area (Å²) in [4.78, 5) is 12.8. The monoisotopic (exact) mass is 392 g/mol. The van der Waals surface area contributed by atoms with E-state index in [0.717, 1.165) is 0 Å². The molecular formula is C23H17FO5. The van der Waals surface area contributed by atoms with Crippen LogP contribution in [0.2, 0.25) is 0 Å². The molecule has 29 heavy (non-hydrogen) atoms. The molecule has 3 aromatic carbocycles. The van der Waals surface area contributed by atoms with E-state index >= 15 is 0 Å². The fourth-order valence-corrected chi connectivity index (χ4v) is 2.87. The Labute approximate surface area is 165 Å². The van der Waals surface area contributed by atoms with E-state index in [0.29, 0.717) is 33.8 Å². The third kappa shape index (κ3) is 4.06. The molecule has 0 aliphatic rings. The second-order valence-electron chi connectivity index (χ2n) is 6.26. The smallest absolute Gasteiger partial charge is 0.235 e. The highest BCUT2D eigenvalue weighted by Gasteiger charge is 2.12. The molecule has 0 N–H and O–H groups in total. The van der Waals surface area contributed by atoms with Gasteiger partial charge in [-0.25, -0.2) is 4.39 Å². The molecule has 0 amide bonds. The topological polar surface area (TPSA) is 57.9 Å². The molecule has 0 aliphatic heterocycles. The number of halogens is 1. The third-order valence-electron chi connectivity index (χ3n) is 4.30. The van der Waals surface area contributed by atoms with E-state index in [1.165, 1.54) is 25.5 Å². The molecule has 1 heterocycles. The lowest BCUT2D eigenvalue weighted by Gasteiger charge is -2.10. The minimum absolute atomic E-state index is 0.0513. The predicted octanol–water partition coefficient (Wildman–Crippen LogP) is 5.31. The van der Waals surface area contributed by atoms with Crippen molar-refractivity contribution in [3.05, 3.63) is 94.6 Å². The summed E-state index contributed by atoms with van der Waals surface area (Å²) in [5.74, 6) is 1.15. The van der Waals surface area contributed by atoms with Crippen LogP contribution < -0.4 is 19.6 Å². The van der Waals surface area contributed by atoms with E-state index in [1.807, 2.05) is 0 Å². The molecule has 0 radical (unpaired) electrons. The second kappa shape index (κ2) is 8.06. The highest BCUT2D eigenvalue weighted by Crippen LogP contribution is 2.30. The molecule has 0 unspecified atom stereocenters. The lowest BCUT2D eigenvalue weighted by Crippen LogP contribution is -2.05. The lowest BCUT2D eigenvalue weighted by atomic mass is 10.2. The van der Waals surface area contributed by atoms with E-state index in [2.05, 4.69) is 0 Å². The summed E-state index contributed by atoms with van der Waals surface area (Å²) in [6.07, 6.45) is 1.26. The van der Waals surface area contributed by atoms with Gasteiger partial charge in [-0.15, -0.1) is 0 Å². The first-order valence-electron chi connectivity index (χ1n) is 8.88. The van der Waals surface area contributed by atoms with Gasteiger partial charge in [0.1, 0.15) is 30.0 Å². The maximum atomic E-state index is 13.3. The molecule has 0 atom stereocenters. The van der Waals surface area contributed by atoms with Crippen molar-refractivity contribution in [3.63, 3.8) is 0 Å². The molecule has 146 valence electrons. The average molecular weight is 392 g/mol. The minimum Gasteiger partial charge on any atom is -0.493 e. The average Bonchev–Trinajstić information content (AvgIpc) is 2.74. The number of ether oxygens (including phenoxy) is 3. The van der Waals surface area contributed by atoms with Crippen molar-refractivity contribution in [3.8, 4) is 23.0 Å². The Morgan fingerprint density at radius 1 is 0.931 bits per heavy atom. The van der Waals surface area contributed by atoms with E-state index in [1.54, 1.807) is 54.6 Å². The second-order valence-corrected chi connectivity index (χ2v) is 6.26. The zero-order valence-electron chi connectivity index (χ0n) is 15.6. The Hall–Kier alpha value is -3.80.